The normalized spacial score (nSPS) is 18.6. The lowest BCUT2D eigenvalue weighted by Gasteiger charge is -2.17. The zero-order valence-electron chi connectivity index (χ0n) is 11.1. The van der Waals surface area contributed by atoms with Gasteiger partial charge in [-0.25, -0.2) is 0 Å². The van der Waals surface area contributed by atoms with Crippen LogP contribution in [0, 0.1) is 15.9 Å². The fourth-order valence-corrected chi connectivity index (χ4v) is 2.26. The third kappa shape index (κ3) is 2.77. The number of anilines is 1. The van der Waals surface area contributed by atoms with Crippen molar-refractivity contribution in [1.29, 1.82) is 0 Å². The molecule has 7 heteroatoms. The molecule has 0 aromatic heterocycles. The van der Waals surface area contributed by atoms with Crippen LogP contribution < -0.4 is 10.2 Å². The summed E-state index contributed by atoms with van der Waals surface area (Å²) in [5, 5.41) is 13.7. The average molecular weight is 281 g/mol. The van der Waals surface area contributed by atoms with Crippen LogP contribution in [0.25, 0.3) is 0 Å². The number of carbonyl (C=O) groups excluding carboxylic acids is 1. The maximum absolute atomic E-state index is 13.6. The van der Waals surface area contributed by atoms with E-state index < -0.39 is 16.4 Å². The molecule has 0 aliphatic carbocycles. The molecule has 0 bridgehead atoms. The molecule has 0 radical (unpaired) electrons. The van der Waals surface area contributed by atoms with Gasteiger partial charge in [-0.2, -0.15) is 4.39 Å². The molecule has 6 nitrogen and oxygen atoms in total. The number of nitrogens with one attached hydrogen (secondary N) is 1. The van der Waals surface area contributed by atoms with Crippen LogP contribution >= 0.6 is 0 Å². The van der Waals surface area contributed by atoms with Crippen molar-refractivity contribution in [2.75, 3.05) is 18.0 Å². The van der Waals surface area contributed by atoms with Crippen molar-refractivity contribution in [3.8, 4) is 0 Å². The van der Waals surface area contributed by atoms with Gasteiger partial charge in [0.1, 0.15) is 0 Å². The van der Waals surface area contributed by atoms with Crippen LogP contribution in [0.1, 0.15) is 19.8 Å². The molecule has 2 rings (SSSR count). The molecular weight excluding hydrogens is 265 g/mol. The minimum Gasteiger partial charge on any atom is -0.311 e. The number of nitro benzene ring substituents is 1. The Kier molecular flexibility index (Phi) is 4.29. The van der Waals surface area contributed by atoms with E-state index >= 15 is 0 Å². The van der Waals surface area contributed by atoms with E-state index in [0.29, 0.717) is 18.7 Å². The molecule has 1 fully saturated rings. The van der Waals surface area contributed by atoms with E-state index in [4.69, 9.17) is 0 Å². The maximum Gasteiger partial charge on any atom is 0.304 e. The van der Waals surface area contributed by atoms with Crippen LogP contribution in [0.5, 0.6) is 0 Å². The van der Waals surface area contributed by atoms with E-state index in [1.807, 2.05) is 6.92 Å². The van der Waals surface area contributed by atoms with Crippen LogP contribution in [0.4, 0.5) is 15.8 Å². The first kappa shape index (κ1) is 14.4. The summed E-state index contributed by atoms with van der Waals surface area (Å²) in [6, 6.07) is 3.28. The number of rotatable bonds is 5. The highest BCUT2D eigenvalue weighted by Crippen LogP contribution is 2.26. The van der Waals surface area contributed by atoms with Crippen LogP contribution in [0.15, 0.2) is 18.2 Å². The Morgan fingerprint density at radius 2 is 2.30 bits per heavy atom. The summed E-state index contributed by atoms with van der Waals surface area (Å²) in [6.07, 6.45) is 1.58. The maximum atomic E-state index is 13.6. The SMILES string of the molecule is CCCNC1CCN(c2ccc([N+](=O)[O-])c(F)c2)C1=O. The largest absolute Gasteiger partial charge is 0.311 e. The molecule has 1 aliphatic heterocycles. The summed E-state index contributed by atoms with van der Waals surface area (Å²) in [7, 11) is 0. The second-order valence-corrected chi connectivity index (χ2v) is 4.68. The van der Waals surface area contributed by atoms with Crippen molar-refractivity contribution in [1.82, 2.24) is 5.32 Å². The third-order valence-corrected chi connectivity index (χ3v) is 3.29. The van der Waals surface area contributed by atoms with E-state index in [9.17, 15) is 19.3 Å². The number of carbonyl (C=O) groups is 1. The molecule has 1 aromatic carbocycles. The van der Waals surface area contributed by atoms with Gasteiger partial charge in [0, 0.05) is 24.4 Å². The highest BCUT2D eigenvalue weighted by molar-refractivity contribution is 5.99. The lowest BCUT2D eigenvalue weighted by Crippen LogP contribution is -2.38. The molecule has 0 spiro atoms. The number of hydrogen-bond acceptors (Lipinski definition) is 4. The van der Waals surface area contributed by atoms with Gasteiger partial charge in [0.25, 0.3) is 0 Å². The van der Waals surface area contributed by atoms with E-state index in [-0.39, 0.29) is 11.9 Å². The molecule has 1 amide bonds. The van der Waals surface area contributed by atoms with Gasteiger partial charge >= 0.3 is 5.69 Å². The Bertz CT molecular complexity index is 536. The molecular formula is C13H16FN3O3. The lowest BCUT2D eigenvalue weighted by atomic mass is 10.2. The van der Waals surface area contributed by atoms with Gasteiger partial charge in [0.2, 0.25) is 11.7 Å². The van der Waals surface area contributed by atoms with E-state index in [0.717, 1.165) is 25.1 Å². The van der Waals surface area contributed by atoms with Gasteiger partial charge < -0.3 is 10.2 Å². The van der Waals surface area contributed by atoms with Gasteiger partial charge in [0.15, 0.2) is 0 Å². The summed E-state index contributed by atoms with van der Waals surface area (Å²) in [5.74, 6) is -1.04. The smallest absolute Gasteiger partial charge is 0.304 e. The highest BCUT2D eigenvalue weighted by atomic mass is 19.1. The number of halogens is 1. The van der Waals surface area contributed by atoms with Gasteiger partial charge in [-0.05, 0) is 25.5 Å². The van der Waals surface area contributed by atoms with Gasteiger partial charge in [-0.3, -0.25) is 14.9 Å². The van der Waals surface area contributed by atoms with Crippen LogP contribution in [0.2, 0.25) is 0 Å². The van der Waals surface area contributed by atoms with Crippen molar-refractivity contribution in [2.24, 2.45) is 0 Å². The van der Waals surface area contributed by atoms with Crippen LogP contribution in [0.3, 0.4) is 0 Å². The van der Waals surface area contributed by atoms with Crippen molar-refractivity contribution < 1.29 is 14.1 Å². The minimum absolute atomic E-state index is 0.119. The van der Waals surface area contributed by atoms with Gasteiger partial charge in [-0.1, -0.05) is 6.92 Å². The molecule has 1 aliphatic rings. The molecule has 1 N–H and O–H groups in total. The zero-order chi connectivity index (χ0) is 14.7. The fourth-order valence-electron chi connectivity index (χ4n) is 2.26. The first-order valence-electron chi connectivity index (χ1n) is 6.53. The standard InChI is InChI=1S/C13H16FN3O3/c1-2-6-15-11-5-7-16(13(11)18)9-3-4-12(17(19)20)10(14)8-9/h3-4,8,11,15H,2,5-7H2,1H3. The molecule has 1 saturated heterocycles. The number of hydrogen-bond donors (Lipinski definition) is 1. The molecule has 1 aromatic rings. The van der Waals surface area contributed by atoms with Gasteiger partial charge in [0.05, 0.1) is 11.0 Å². The molecule has 1 heterocycles. The Morgan fingerprint density at radius 3 is 2.90 bits per heavy atom. The summed E-state index contributed by atoms with van der Waals surface area (Å²) >= 11 is 0. The zero-order valence-corrected chi connectivity index (χ0v) is 11.1. The van der Waals surface area contributed by atoms with Crippen LogP contribution in [-0.4, -0.2) is 30.0 Å². The second kappa shape index (κ2) is 5.96. The Hall–Kier alpha value is -2.02. The number of benzene rings is 1. The Balaban J connectivity index is 2.15. The molecule has 1 unspecified atom stereocenters. The second-order valence-electron chi connectivity index (χ2n) is 4.68. The number of nitrogens with zero attached hydrogens (tertiary/aromatic N) is 2. The predicted octanol–water partition coefficient (Wildman–Crippen LogP) is 1.84. The quantitative estimate of drug-likeness (QED) is 0.660. The van der Waals surface area contributed by atoms with Crippen molar-refractivity contribution in [2.45, 2.75) is 25.8 Å². The lowest BCUT2D eigenvalue weighted by molar-refractivity contribution is -0.387. The monoisotopic (exact) mass is 281 g/mol. The van der Waals surface area contributed by atoms with E-state index in [1.165, 1.54) is 11.0 Å². The van der Waals surface area contributed by atoms with Crippen molar-refractivity contribution in [3.63, 3.8) is 0 Å². The third-order valence-electron chi connectivity index (χ3n) is 3.29. The summed E-state index contributed by atoms with van der Waals surface area (Å²) in [4.78, 5) is 23.4. The summed E-state index contributed by atoms with van der Waals surface area (Å²) in [6.45, 7) is 3.24. The molecule has 20 heavy (non-hydrogen) atoms. The van der Waals surface area contributed by atoms with E-state index in [2.05, 4.69) is 5.32 Å². The topological polar surface area (TPSA) is 75.5 Å². The molecule has 0 saturated carbocycles. The van der Waals surface area contributed by atoms with E-state index in [1.54, 1.807) is 0 Å². The average Bonchev–Trinajstić information content (AvgIpc) is 2.77. The summed E-state index contributed by atoms with van der Waals surface area (Å²) < 4.78 is 13.6. The molecule has 108 valence electrons. The first-order chi connectivity index (χ1) is 9.54. The first-order valence-corrected chi connectivity index (χ1v) is 6.53. The molecule has 1 atom stereocenters. The van der Waals surface area contributed by atoms with Crippen molar-refractivity contribution >= 4 is 17.3 Å². The predicted molar refractivity (Wildman–Crippen MR) is 72.1 cm³/mol. The Morgan fingerprint density at radius 1 is 1.55 bits per heavy atom. The highest BCUT2D eigenvalue weighted by Gasteiger charge is 2.32. The van der Waals surface area contributed by atoms with Crippen molar-refractivity contribution in [3.05, 3.63) is 34.1 Å². The fraction of sp³-hybridized carbons (Fsp3) is 0.462. The van der Waals surface area contributed by atoms with Gasteiger partial charge in [-0.15, -0.1) is 0 Å². The minimum atomic E-state index is -0.926. The summed E-state index contributed by atoms with van der Waals surface area (Å²) in [5.41, 5.74) is -0.222. The Labute approximate surface area is 115 Å². The number of amides is 1. The number of nitro groups is 1. The van der Waals surface area contributed by atoms with Crippen LogP contribution in [-0.2, 0) is 4.79 Å².